The van der Waals surface area contributed by atoms with Gasteiger partial charge in [0, 0.05) is 19.0 Å². The van der Waals surface area contributed by atoms with Crippen molar-refractivity contribution in [3.63, 3.8) is 0 Å². The Morgan fingerprint density at radius 3 is 2.44 bits per heavy atom. The summed E-state index contributed by atoms with van der Waals surface area (Å²) in [6, 6.07) is -0.372. The summed E-state index contributed by atoms with van der Waals surface area (Å²) in [5, 5.41) is 10.9. The molecule has 94 valence electrons. The van der Waals surface area contributed by atoms with Gasteiger partial charge in [0.15, 0.2) is 0 Å². The molecule has 0 rings (SSSR count). The molecule has 0 aromatic heterocycles. The lowest BCUT2D eigenvalue weighted by Crippen LogP contribution is -2.40. The van der Waals surface area contributed by atoms with E-state index in [2.05, 4.69) is 5.32 Å². The fourth-order valence-corrected chi connectivity index (χ4v) is 0.940. The van der Waals surface area contributed by atoms with E-state index >= 15 is 0 Å². The minimum absolute atomic E-state index is 0.00281. The Morgan fingerprint density at radius 1 is 1.44 bits per heavy atom. The third kappa shape index (κ3) is 9.26. The van der Waals surface area contributed by atoms with Gasteiger partial charge in [0.05, 0.1) is 0 Å². The van der Waals surface area contributed by atoms with E-state index in [1.54, 1.807) is 20.8 Å². The van der Waals surface area contributed by atoms with Gasteiger partial charge in [0.25, 0.3) is 0 Å². The third-order valence-electron chi connectivity index (χ3n) is 1.64. The van der Waals surface area contributed by atoms with E-state index in [-0.39, 0.29) is 19.0 Å². The van der Waals surface area contributed by atoms with E-state index in [0.717, 1.165) is 0 Å². The molecule has 6 nitrogen and oxygen atoms in total. The van der Waals surface area contributed by atoms with Crippen molar-refractivity contribution in [3.8, 4) is 0 Å². The summed E-state index contributed by atoms with van der Waals surface area (Å²) in [7, 11) is 0. The molecule has 0 heterocycles. The van der Waals surface area contributed by atoms with Crippen molar-refractivity contribution in [1.82, 2.24) is 5.32 Å². The van der Waals surface area contributed by atoms with Crippen LogP contribution in [-0.2, 0) is 9.53 Å². The van der Waals surface area contributed by atoms with E-state index in [9.17, 15) is 9.59 Å². The number of carbonyl (C=O) groups is 2. The van der Waals surface area contributed by atoms with Crippen LogP contribution in [0.3, 0.4) is 0 Å². The molecule has 6 heteroatoms. The summed E-state index contributed by atoms with van der Waals surface area (Å²) in [5.74, 6) is -0.896. The molecular formula is C10H20N2O4. The van der Waals surface area contributed by atoms with Crippen molar-refractivity contribution in [2.75, 3.05) is 6.54 Å². The number of carboxylic acids is 1. The molecule has 1 unspecified atom stereocenters. The van der Waals surface area contributed by atoms with Crippen molar-refractivity contribution in [2.24, 2.45) is 5.73 Å². The van der Waals surface area contributed by atoms with Gasteiger partial charge in [-0.15, -0.1) is 0 Å². The smallest absolute Gasteiger partial charge is 0.407 e. The van der Waals surface area contributed by atoms with E-state index in [0.29, 0.717) is 6.42 Å². The maximum atomic E-state index is 11.2. The first-order chi connectivity index (χ1) is 7.20. The highest BCUT2D eigenvalue weighted by molar-refractivity contribution is 5.68. The molecule has 0 saturated heterocycles. The van der Waals surface area contributed by atoms with Gasteiger partial charge in [-0.2, -0.15) is 0 Å². The monoisotopic (exact) mass is 232 g/mol. The summed E-state index contributed by atoms with van der Waals surface area (Å²) in [4.78, 5) is 21.5. The zero-order valence-corrected chi connectivity index (χ0v) is 9.95. The van der Waals surface area contributed by atoms with Crippen molar-refractivity contribution >= 4 is 12.1 Å². The van der Waals surface area contributed by atoms with Gasteiger partial charge in [0.2, 0.25) is 0 Å². The maximum Gasteiger partial charge on any atom is 0.407 e. The van der Waals surface area contributed by atoms with Gasteiger partial charge < -0.3 is 20.9 Å². The molecular weight excluding hydrogens is 212 g/mol. The Labute approximate surface area is 95.1 Å². The standard InChI is InChI=1S/C10H20N2O4/c1-10(2,3)16-9(15)12-6-7(11)4-5-8(13)14/h7H,4-6,11H2,1-3H3,(H,12,15)(H,13,14). The molecule has 0 aliphatic rings. The van der Waals surface area contributed by atoms with Crippen LogP contribution in [-0.4, -0.2) is 35.4 Å². The fourth-order valence-electron chi connectivity index (χ4n) is 0.940. The number of hydrogen-bond acceptors (Lipinski definition) is 4. The largest absolute Gasteiger partial charge is 0.481 e. The average Bonchev–Trinajstić information content (AvgIpc) is 2.08. The highest BCUT2D eigenvalue weighted by Crippen LogP contribution is 2.06. The van der Waals surface area contributed by atoms with Gasteiger partial charge in [-0.05, 0) is 27.2 Å². The zero-order valence-electron chi connectivity index (χ0n) is 9.95. The average molecular weight is 232 g/mol. The lowest BCUT2D eigenvalue weighted by atomic mass is 10.2. The van der Waals surface area contributed by atoms with Crippen molar-refractivity contribution in [3.05, 3.63) is 0 Å². The minimum Gasteiger partial charge on any atom is -0.481 e. The highest BCUT2D eigenvalue weighted by Gasteiger charge is 2.16. The highest BCUT2D eigenvalue weighted by atomic mass is 16.6. The molecule has 0 saturated carbocycles. The number of nitrogens with one attached hydrogen (secondary N) is 1. The van der Waals surface area contributed by atoms with Crippen molar-refractivity contribution < 1.29 is 19.4 Å². The number of alkyl carbamates (subject to hydrolysis) is 1. The normalized spacial score (nSPS) is 13.0. The molecule has 1 atom stereocenters. The van der Waals surface area contributed by atoms with E-state index in [1.807, 2.05) is 0 Å². The van der Waals surface area contributed by atoms with Gasteiger partial charge in [-0.1, -0.05) is 0 Å². The first-order valence-corrected chi connectivity index (χ1v) is 5.15. The number of rotatable bonds is 5. The van der Waals surface area contributed by atoms with Crippen LogP contribution in [0.5, 0.6) is 0 Å². The van der Waals surface area contributed by atoms with E-state index in [4.69, 9.17) is 15.6 Å². The van der Waals surface area contributed by atoms with E-state index < -0.39 is 17.7 Å². The quantitative estimate of drug-likeness (QED) is 0.647. The zero-order chi connectivity index (χ0) is 12.8. The Kier molecular flexibility index (Phi) is 5.81. The molecule has 0 aromatic rings. The number of nitrogens with two attached hydrogens (primary N) is 1. The van der Waals surface area contributed by atoms with E-state index in [1.165, 1.54) is 0 Å². The second kappa shape index (κ2) is 6.32. The molecule has 4 N–H and O–H groups in total. The Balaban J connectivity index is 3.71. The van der Waals surface area contributed by atoms with Gasteiger partial charge in [-0.3, -0.25) is 4.79 Å². The fraction of sp³-hybridized carbons (Fsp3) is 0.800. The third-order valence-corrected chi connectivity index (χ3v) is 1.64. The van der Waals surface area contributed by atoms with Crippen LogP contribution in [0.1, 0.15) is 33.6 Å². The Bertz CT molecular complexity index is 248. The predicted octanol–water partition coefficient (Wildman–Crippen LogP) is 0.703. The van der Waals surface area contributed by atoms with Crippen LogP contribution in [0, 0.1) is 0 Å². The number of hydrogen-bond donors (Lipinski definition) is 3. The molecule has 0 aliphatic heterocycles. The number of aliphatic carboxylic acids is 1. The molecule has 16 heavy (non-hydrogen) atoms. The van der Waals surface area contributed by atoms with Crippen LogP contribution >= 0.6 is 0 Å². The minimum atomic E-state index is -0.896. The van der Waals surface area contributed by atoms with Gasteiger partial charge >= 0.3 is 12.1 Å². The second-order valence-corrected chi connectivity index (χ2v) is 4.58. The Hall–Kier alpha value is -1.30. The molecule has 0 aliphatic carbocycles. The Morgan fingerprint density at radius 2 is 2.00 bits per heavy atom. The lowest BCUT2D eigenvalue weighted by molar-refractivity contribution is -0.137. The molecule has 0 bridgehead atoms. The lowest BCUT2D eigenvalue weighted by Gasteiger charge is -2.20. The number of ether oxygens (including phenoxy) is 1. The first-order valence-electron chi connectivity index (χ1n) is 5.15. The molecule has 0 aromatic carbocycles. The van der Waals surface area contributed by atoms with Crippen LogP contribution in [0.15, 0.2) is 0 Å². The van der Waals surface area contributed by atoms with Crippen molar-refractivity contribution in [2.45, 2.75) is 45.3 Å². The topological polar surface area (TPSA) is 102 Å². The molecule has 0 radical (unpaired) electrons. The van der Waals surface area contributed by atoms with Crippen LogP contribution in [0.4, 0.5) is 4.79 Å². The maximum absolute atomic E-state index is 11.2. The summed E-state index contributed by atoms with van der Waals surface area (Å²) in [5.41, 5.74) is 5.05. The molecule has 0 fully saturated rings. The number of carboxylic acid groups (broad SMARTS) is 1. The second-order valence-electron chi connectivity index (χ2n) is 4.58. The molecule has 0 spiro atoms. The van der Waals surface area contributed by atoms with Crippen molar-refractivity contribution in [1.29, 1.82) is 0 Å². The first kappa shape index (κ1) is 14.7. The number of carbonyl (C=O) groups excluding carboxylic acids is 1. The van der Waals surface area contributed by atoms with Crippen LogP contribution < -0.4 is 11.1 Å². The van der Waals surface area contributed by atoms with Crippen LogP contribution in [0.25, 0.3) is 0 Å². The van der Waals surface area contributed by atoms with Gasteiger partial charge in [0.1, 0.15) is 5.60 Å². The molecule has 1 amide bonds. The summed E-state index contributed by atoms with van der Waals surface area (Å²) in [6.45, 7) is 5.49. The summed E-state index contributed by atoms with van der Waals surface area (Å²) >= 11 is 0. The van der Waals surface area contributed by atoms with Crippen LogP contribution in [0.2, 0.25) is 0 Å². The SMILES string of the molecule is CC(C)(C)OC(=O)NCC(N)CCC(=O)O. The summed E-state index contributed by atoms with van der Waals surface area (Å²) in [6.07, 6.45) is -0.222. The number of amides is 1. The summed E-state index contributed by atoms with van der Waals surface area (Å²) < 4.78 is 4.99. The van der Waals surface area contributed by atoms with Gasteiger partial charge in [-0.25, -0.2) is 4.79 Å². The predicted molar refractivity (Wildman–Crippen MR) is 59.1 cm³/mol.